The summed E-state index contributed by atoms with van der Waals surface area (Å²) in [7, 11) is 0. The number of rotatable bonds is 1. The van der Waals surface area contributed by atoms with E-state index in [0.29, 0.717) is 16.3 Å². The van der Waals surface area contributed by atoms with Crippen LogP contribution in [0.3, 0.4) is 0 Å². The predicted octanol–water partition coefficient (Wildman–Crippen LogP) is 3.59. The van der Waals surface area contributed by atoms with E-state index >= 15 is 0 Å². The molecule has 0 fully saturated rings. The molecule has 6 heteroatoms. The number of benzene rings is 1. The van der Waals surface area contributed by atoms with Crippen LogP contribution >= 0.6 is 23.2 Å². The van der Waals surface area contributed by atoms with Gasteiger partial charge in [0.15, 0.2) is 12.0 Å². The maximum Gasteiger partial charge on any atom is 0.222 e. The molecule has 4 nitrogen and oxygen atoms in total. The van der Waals surface area contributed by atoms with Gasteiger partial charge in [-0.2, -0.15) is 0 Å². The fraction of sp³-hybridized carbons (Fsp3) is 0. The molecule has 0 N–H and O–H groups in total. The van der Waals surface area contributed by atoms with Crippen LogP contribution in [0.1, 0.15) is 0 Å². The molecule has 0 radical (unpaired) electrons. The molecular weight excluding hydrogens is 261 g/mol. The van der Waals surface area contributed by atoms with Crippen LogP contribution in [0.5, 0.6) is 0 Å². The van der Waals surface area contributed by atoms with Gasteiger partial charge in [0.2, 0.25) is 5.28 Å². The first-order valence-electron chi connectivity index (χ1n) is 4.76. The number of nitrogens with zero attached hydrogens (tertiary/aromatic N) is 3. The highest BCUT2D eigenvalue weighted by molar-refractivity contribution is 6.33. The summed E-state index contributed by atoms with van der Waals surface area (Å²) in [4.78, 5) is 12.0. The van der Waals surface area contributed by atoms with E-state index in [1.165, 1.54) is 12.6 Å². The van der Waals surface area contributed by atoms with E-state index < -0.39 is 0 Å². The number of hydrogen-bond donors (Lipinski definition) is 0. The zero-order chi connectivity index (χ0) is 11.8. The second-order valence-electron chi connectivity index (χ2n) is 3.37. The van der Waals surface area contributed by atoms with Crippen LogP contribution in [-0.4, -0.2) is 15.0 Å². The van der Waals surface area contributed by atoms with Gasteiger partial charge < -0.3 is 4.42 Å². The summed E-state index contributed by atoms with van der Waals surface area (Å²) >= 11 is 11.8. The number of aromatic nitrogens is 3. The van der Waals surface area contributed by atoms with E-state index in [4.69, 9.17) is 27.6 Å². The molecule has 0 bridgehead atoms. The lowest BCUT2D eigenvalue weighted by Crippen LogP contribution is -1.88. The lowest BCUT2D eigenvalue weighted by Gasteiger charge is -2.02. The Morgan fingerprint density at radius 2 is 2.00 bits per heavy atom. The largest absolute Gasteiger partial charge is 0.443 e. The molecule has 0 unspecified atom stereocenters. The van der Waals surface area contributed by atoms with E-state index in [-0.39, 0.29) is 5.28 Å². The molecule has 0 spiro atoms. The summed E-state index contributed by atoms with van der Waals surface area (Å²) in [5, 5.41) is 0.599. The van der Waals surface area contributed by atoms with Crippen molar-refractivity contribution in [1.82, 2.24) is 15.0 Å². The number of halogens is 2. The van der Waals surface area contributed by atoms with Crippen molar-refractivity contribution in [2.45, 2.75) is 0 Å². The van der Waals surface area contributed by atoms with Gasteiger partial charge in [-0.15, -0.1) is 0 Å². The van der Waals surface area contributed by atoms with E-state index in [1.807, 2.05) is 18.2 Å². The third-order valence-corrected chi connectivity index (χ3v) is 2.78. The Morgan fingerprint density at radius 1 is 1.12 bits per heavy atom. The van der Waals surface area contributed by atoms with Gasteiger partial charge in [0.25, 0.3) is 0 Å². The van der Waals surface area contributed by atoms with Crippen molar-refractivity contribution < 1.29 is 4.42 Å². The number of oxazole rings is 1. The number of hydrogen-bond acceptors (Lipinski definition) is 4. The maximum absolute atomic E-state index is 6.03. The fourth-order valence-corrected chi connectivity index (χ4v) is 1.89. The molecule has 0 aliphatic rings. The molecule has 3 aromatic rings. The normalized spacial score (nSPS) is 10.9. The van der Waals surface area contributed by atoms with Crippen molar-refractivity contribution in [3.8, 4) is 11.3 Å². The van der Waals surface area contributed by atoms with Gasteiger partial charge in [0.05, 0.1) is 16.9 Å². The molecule has 0 amide bonds. The smallest absolute Gasteiger partial charge is 0.222 e. The first-order chi connectivity index (χ1) is 8.24. The lowest BCUT2D eigenvalue weighted by molar-refractivity contribution is 0.602. The van der Waals surface area contributed by atoms with Gasteiger partial charge in [-0.3, -0.25) is 0 Å². The Labute approximate surface area is 106 Å². The summed E-state index contributed by atoms with van der Waals surface area (Å²) in [6.07, 6.45) is 2.86. The monoisotopic (exact) mass is 265 g/mol. The Kier molecular flexibility index (Phi) is 2.46. The first-order valence-corrected chi connectivity index (χ1v) is 5.51. The van der Waals surface area contributed by atoms with Crippen LogP contribution in [0.25, 0.3) is 22.4 Å². The molecule has 0 saturated carbocycles. The van der Waals surface area contributed by atoms with Crippen LogP contribution in [0, 0.1) is 0 Å². The van der Waals surface area contributed by atoms with E-state index in [2.05, 4.69) is 15.0 Å². The molecule has 3 rings (SSSR count). The molecule has 2 aromatic heterocycles. The van der Waals surface area contributed by atoms with Gasteiger partial charge in [-0.25, -0.2) is 15.0 Å². The Morgan fingerprint density at radius 3 is 2.88 bits per heavy atom. The summed E-state index contributed by atoms with van der Waals surface area (Å²) < 4.78 is 5.16. The van der Waals surface area contributed by atoms with Gasteiger partial charge in [-0.05, 0) is 29.8 Å². The fourth-order valence-electron chi connectivity index (χ4n) is 1.55. The Bertz CT molecular complexity index is 696. The van der Waals surface area contributed by atoms with Crippen LogP contribution < -0.4 is 0 Å². The van der Waals surface area contributed by atoms with Gasteiger partial charge in [-0.1, -0.05) is 11.6 Å². The third-order valence-electron chi connectivity index (χ3n) is 2.32. The summed E-state index contributed by atoms with van der Waals surface area (Å²) in [6, 6.07) is 5.49. The van der Waals surface area contributed by atoms with Crippen LogP contribution in [0.2, 0.25) is 10.3 Å². The standard InChI is InChI=1S/C11H5Cl2N3O/c12-7-4-14-11(13)16-10(7)6-1-2-9-8(3-6)15-5-17-9/h1-5H. The molecule has 0 atom stereocenters. The van der Waals surface area contributed by atoms with E-state index in [9.17, 15) is 0 Å². The van der Waals surface area contributed by atoms with Crippen LogP contribution in [0.4, 0.5) is 0 Å². The quantitative estimate of drug-likeness (QED) is 0.631. The van der Waals surface area contributed by atoms with Gasteiger partial charge in [0.1, 0.15) is 5.52 Å². The van der Waals surface area contributed by atoms with Crippen molar-refractivity contribution in [3.05, 3.63) is 41.1 Å². The Hall–Kier alpha value is -1.65. The SMILES string of the molecule is Clc1ncc(Cl)c(-c2ccc3ocnc3c2)n1. The van der Waals surface area contributed by atoms with Crippen molar-refractivity contribution in [3.63, 3.8) is 0 Å². The average Bonchev–Trinajstić information content (AvgIpc) is 2.79. The van der Waals surface area contributed by atoms with E-state index in [1.54, 1.807) is 0 Å². The van der Waals surface area contributed by atoms with Gasteiger partial charge in [0, 0.05) is 5.56 Å². The van der Waals surface area contributed by atoms with Crippen LogP contribution in [0.15, 0.2) is 35.2 Å². The highest BCUT2D eigenvalue weighted by Gasteiger charge is 2.09. The second-order valence-corrected chi connectivity index (χ2v) is 4.12. The van der Waals surface area contributed by atoms with E-state index in [0.717, 1.165) is 11.1 Å². The number of fused-ring (bicyclic) bond motifs is 1. The Balaban J connectivity index is 2.22. The summed E-state index contributed by atoms with van der Waals surface area (Å²) in [5.74, 6) is 0. The highest BCUT2D eigenvalue weighted by atomic mass is 35.5. The zero-order valence-corrected chi connectivity index (χ0v) is 9.90. The van der Waals surface area contributed by atoms with Crippen molar-refractivity contribution in [2.24, 2.45) is 0 Å². The predicted molar refractivity (Wildman–Crippen MR) is 65.1 cm³/mol. The lowest BCUT2D eigenvalue weighted by atomic mass is 10.1. The molecule has 0 aliphatic heterocycles. The third kappa shape index (κ3) is 1.85. The summed E-state index contributed by atoms with van der Waals surface area (Å²) in [6.45, 7) is 0. The van der Waals surface area contributed by atoms with Crippen molar-refractivity contribution in [1.29, 1.82) is 0 Å². The van der Waals surface area contributed by atoms with Gasteiger partial charge >= 0.3 is 0 Å². The highest BCUT2D eigenvalue weighted by Crippen LogP contribution is 2.28. The maximum atomic E-state index is 6.03. The zero-order valence-electron chi connectivity index (χ0n) is 8.39. The molecule has 1 aromatic carbocycles. The summed E-state index contributed by atoms with van der Waals surface area (Å²) in [5.41, 5.74) is 2.86. The molecule has 84 valence electrons. The van der Waals surface area contributed by atoms with Crippen molar-refractivity contribution in [2.75, 3.05) is 0 Å². The van der Waals surface area contributed by atoms with Crippen molar-refractivity contribution >= 4 is 34.3 Å². The minimum absolute atomic E-state index is 0.157. The average molecular weight is 266 g/mol. The first kappa shape index (κ1) is 10.5. The topological polar surface area (TPSA) is 51.8 Å². The minimum atomic E-state index is 0.157. The molecule has 0 saturated heterocycles. The molecule has 0 aliphatic carbocycles. The molecule has 2 heterocycles. The second kappa shape index (κ2) is 3.98. The van der Waals surface area contributed by atoms with Crippen LogP contribution in [-0.2, 0) is 0 Å². The molecule has 17 heavy (non-hydrogen) atoms. The molecular formula is C11H5Cl2N3O. The minimum Gasteiger partial charge on any atom is -0.443 e.